The SMILES string of the molecule is O=S(CCCl)Cc1ccccc1. The van der Waals surface area contributed by atoms with Crippen LogP contribution in [0.1, 0.15) is 5.56 Å². The van der Waals surface area contributed by atoms with Crippen LogP contribution in [0, 0.1) is 0 Å². The lowest BCUT2D eigenvalue weighted by molar-refractivity contribution is 0.683. The van der Waals surface area contributed by atoms with Gasteiger partial charge in [0.15, 0.2) is 0 Å². The van der Waals surface area contributed by atoms with E-state index in [0.29, 0.717) is 17.4 Å². The van der Waals surface area contributed by atoms with E-state index in [1.54, 1.807) is 0 Å². The molecule has 0 amide bonds. The largest absolute Gasteiger partial charge is 0.259 e. The molecule has 0 aliphatic heterocycles. The molecular weight excluding hydrogens is 192 g/mol. The van der Waals surface area contributed by atoms with Crippen LogP contribution in [-0.2, 0) is 16.6 Å². The van der Waals surface area contributed by atoms with Crippen LogP contribution in [0.25, 0.3) is 0 Å². The van der Waals surface area contributed by atoms with Gasteiger partial charge < -0.3 is 0 Å². The lowest BCUT2D eigenvalue weighted by Gasteiger charge is -1.98. The van der Waals surface area contributed by atoms with Gasteiger partial charge >= 0.3 is 0 Å². The third kappa shape index (κ3) is 3.37. The summed E-state index contributed by atoms with van der Waals surface area (Å²) < 4.78 is 11.2. The molecule has 3 heteroatoms. The summed E-state index contributed by atoms with van der Waals surface area (Å²) in [7, 11) is -0.803. The Bertz CT molecular complexity index is 248. The Balaban J connectivity index is 2.47. The molecule has 66 valence electrons. The van der Waals surface area contributed by atoms with E-state index in [4.69, 9.17) is 11.6 Å². The predicted molar refractivity (Wildman–Crippen MR) is 53.9 cm³/mol. The zero-order chi connectivity index (χ0) is 8.81. The molecule has 1 unspecified atom stereocenters. The van der Waals surface area contributed by atoms with E-state index < -0.39 is 10.8 Å². The highest BCUT2D eigenvalue weighted by Crippen LogP contribution is 2.02. The van der Waals surface area contributed by atoms with Crippen molar-refractivity contribution in [3.05, 3.63) is 35.9 Å². The Morgan fingerprint density at radius 2 is 1.92 bits per heavy atom. The summed E-state index contributed by atoms with van der Waals surface area (Å²) in [5, 5.41) is 0. The van der Waals surface area contributed by atoms with Crippen LogP contribution < -0.4 is 0 Å². The Kier molecular flexibility index (Phi) is 4.33. The molecule has 0 bridgehead atoms. The summed E-state index contributed by atoms with van der Waals surface area (Å²) in [4.78, 5) is 0. The summed E-state index contributed by atoms with van der Waals surface area (Å²) in [6, 6.07) is 9.81. The standard InChI is InChI=1S/C9H11ClOS/c10-6-7-12(11)8-9-4-2-1-3-5-9/h1-5H,6-8H2. The fourth-order valence-electron chi connectivity index (χ4n) is 0.918. The number of benzene rings is 1. The number of rotatable bonds is 4. The molecule has 1 aromatic rings. The molecule has 1 rings (SSSR count). The van der Waals surface area contributed by atoms with Crippen molar-refractivity contribution < 1.29 is 4.21 Å². The van der Waals surface area contributed by atoms with Gasteiger partial charge in [0.1, 0.15) is 0 Å². The van der Waals surface area contributed by atoms with E-state index in [9.17, 15) is 4.21 Å². The fraction of sp³-hybridized carbons (Fsp3) is 0.333. The maximum Gasteiger partial charge on any atom is 0.0486 e. The number of hydrogen-bond donors (Lipinski definition) is 0. The van der Waals surface area contributed by atoms with Gasteiger partial charge in [0.05, 0.1) is 0 Å². The van der Waals surface area contributed by atoms with Crippen molar-refractivity contribution in [3.8, 4) is 0 Å². The van der Waals surface area contributed by atoms with Gasteiger partial charge in [-0.3, -0.25) is 4.21 Å². The molecule has 1 nitrogen and oxygen atoms in total. The molecule has 0 spiro atoms. The van der Waals surface area contributed by atoms with Crippen LogP contribution >= 0.6 is 11.6 Å². The first-order chi connectivity index (χ1) is 5.83. The maximum absolute atomic E-state index is 11.2. The molecule has 0 fully saturated rings. The van der Waals surface area contributed by atoms with Gasteiger partial charge in [0.2, 0.25) is 0 Å². The average molecular weight is 203 g/mol. The minimum atomic E-state index is -0.803. The Hall–Kier alpha value is -0.340. The Morgan fingerprint density at radius 3 is 2.50 bits per heavy atom. The number of halogens is 1. The first-order valence-electron chi connectivity index (χ1n) is 3.78. The molecule has 0 saturated carbocycles. The highest BCUT2D eigenvalue weighted by molar-refractivity contribution is 7.84. The molecule has 1 atom stereocenters. The molecule has 0 N–H and O–H groups in total. The molecule has 1 aromatic carbocycles. The second-order valence-electron chi connectivity index (χ2n) is 2.46. The molecule has 0 aliphatic rings. The van der Waals surface area contributed by atoms with Crippen molar-refractivity contribution in [2.45, 2.75) is 5.75 Å². The van der Waals surface area contributed by atoms with E-state index >= 15 is 0 Å². The van der Waals surface area contributed by atoms with Crippen molar-refractivity contribution in [1.82, 2.24) is 0 Å². The highest BCUT2D eigenvalue weighted by atomic mass is 35.5. The van der Waals surface area contributed by atoms with Crippen molar-refractivity contribution in [2.24, 2.45) is 0 Å². The highest BCUT2D eigenvalue weighted by Gasteiger charge is 1.99. The smallest absolute Gasteiger partial charge is 0.0486 e. The van der Waals surface area contributed by atoms with E-state index in [0.717, 1.165) is 5.56 Å². The lowest BCUT2D eigenvalue weighted by Crippen LogP contribution is -2.01. The Labute approximate surface area is 80.2 Å². The predicted octanol–water partition coefficient (Wildman–Crippen LogP) is 2.17. The van der Waals surface area contributed by atoms with Crippen LogP contribution in [0.5, 0.6) is 0 Å². The number of hydrogen-bond acceptors (Lipinski definition) is 1. The molecule has 0 radical (unpaired) electrons. The monoisotopic (exact) mass is 202 g/mol. The van der Waals surface area contributed by atoms with E-state index in [2.05, 4.69) is 0 Å². The van der Waals surface area contributed by atoms with E-state index in [-0.39, 0.29) is 0 Å². The summed E-state index contributed by atoms with van der Waals surface area (Å²) in [5.74, 6) is 1.67. The average Bonchev–Trinajstić information content (AvgIpc) is 2.06. The molecular formula is C9H11ClOS. The maximum atomic E-state index is 11.2. The second kappa shape index (κ2) is 5.33. The van der Waals surface area contributed by atoms with Gasteiger partial charge in [-0.15, -0.1) is 11.6 Å². The van der Waals surface area contributed by atoms with Gasteiger partial charge in [-0.1, -0.05) is 30.3 Å². The Morgan fingerprint density at radius 1 is 1.25 bits per heavy atom. The van der Waals surface area contributed by atoms with Crippen LogP contribution in [-0.4, -0.2) is 15.8 Å². The van der Waals surface area contributed by atoms with Gasteiger partial charge in [-0.05, 0) is 5.56 Å². The minimum Gasteiger partial charge on any atom is -0.259 e. The summed E-state index contributed by atoms with van der Waals surface area (Å²) in [6.45, 7) is 0. The first kappa shape index (κ1) is 9.75. The lowest BCUT2D eigenvalue weighted by atomic mass is 10.2. The number of alkyl halides is 1. The third-order valence-corrected chi connectivity index (χ3v) is 3.20. The van der Waals surface area contributed by atoms with Gasteiger partial charge in [0.25, 0.3) is 0 Å². The van der Waals surface area contributed by atoms with Gasteiger partial charge in [0, 0.05) is 28.2 Å². The summed E-state index contributed by atoms with van der Waals surface area (Å²) in [5.41, 5.74) is 1.11. The molecule has 0 aliphatic carbocycles. The molecule has 0 saturated heterocycles. The van der Waals surface area contributed by atoms with Crippen molar-refractivity contribution in [3.63, 3.8) is 0 Å². The van der Waals surface area contributed by atoms with Gasteiger partial charge in [-0.2, -0.15) is 0 Å². The molecule has 0 heterocycles. The van der Waals surface area contributed by atoms with Gasteiger partial charge in [-0.25, -0.2) is 0 Å². The third-order valence-electron chi connectivity index (χ3n) is 1.48. The first-order valence-corrected chi connectivity index (χ1v) is 5.80. The summed E-state index contributed by atoms with van der Waals surface area (Å²) in [6.07, 6.45) is 0. The molecule has 0 aromatic heterocycles. The topological polar surface area (TPSA) is 17.1 Å². The zero-order valence-electron chi connectivity index (χ0n) is 6.70. The van der Waals surface area contributed by atoms with E-state index in [1.807, 2.05) is 30.3 Å². The molecule has 12 heavy (non-hydrogen) atoms. The quantitative estimate of drug-likeness (QED) is 0.685. The minimum absolute atomic E-state index is 0.472. The van der Waals surface area contributed by atoms with Crippen molar-refractivity contribution >= 4 is 22.4 Å². The second-order valence-corrected chi connectivity index (χ2v) is 4.42. The van der Waals surface area contributed by atoms with Crippen LogP contribution in [0.15, 0.2) is 30.3 Å². The fourth-order valence-corrected chi connectivity index (χ4v) is 2.32. The van der Waals surface area contributed by atoms with Crippen LogP contribution in [0.2, 0.25) is 0 Å². The van der Waals surface area contributed by atoms with Crippen molar-refractivity contribution in [2.75, 3.05) is 11.6 Å². The van der Waals surface area contributed by atoms with Crippen LogP contribution in [0.4, 0.5) is 0 Å². The van der Waals surface area contributed by atoms with Crippen LogP contribution in [0.3, 0.4) is 0 Å². The van der Waals surface area contributed by atoms with E-state index in [1.165, 1.54) is 0 Å². The summed E-state index contributed by atoms with van der Waals surface area (Å²) >= 11 is 5.47. The zero-order valence-corrected chi connectivity index (χ0v) is 8.27. The van der Waals surface area contributed by atoms with Crippen molar-refractivity contribution in [1.29, 1.82) is 0 Å². The normalized spacial score (nSPS) is 12.8.